The molecule has 0 N–H and O–H groups in total. The van der Waals surface area contributed by atoms with Crippen molar-refractivity contribution in [1.82, 2.24) is 5.06 Å². The summed E-state index contributed by atoms with van der Waals surface area (Å²) in [5, 5.41) is 6.12. The highest BCUT2D eigenvalue weighted by Gasteiger charge is 2.71. The number of hydrogen-bond donors (Lipinski definition) is 0. The highest BCUT2D eigenvalue weighted by molar-refractivity contribution is 9.09. The molecule has 2 aliphatic heterocycles. The molecule has 1 amide bonds. The van der Waals surface area contributed by atoms with Gasteiger partial charge in [0.25, 0.3) is 5.91 Å². The Hall–Kier alpha value is -0.620. The van der Waals surface area contributed by atoms with Gasteiger partial charge < -0.3 is 4.84 Å². The molecule has 4 aliphatic rings. The van der Waals surface area contributed by atoms with Crippen molar-refractivity contribution in [2.75, 3.05) is 7.11 Å². The van der Waals surface area contributed by atoms with Gasteiger partial charge in [0.2, 0.25) is 0 Å². The second-order valence-electron chi connectivity index (χ2n) is 6.73. The Kier molecular flexibility index (Phi) is 3.12. The van der Waals surface area contributed by atoms with Crippen molar-refractivity contribution in [2.24, 2.45) is 10.6 Å². The van der Waals surface area contributed by atoms with Crippen molar-refractivity contribution in [2.45, 2.75) is 67.8 Å². The first-order valence-electron chi connectivity index (χ1n) is 7.94. The van der Waals surface area contributed by atoms with E-state index < -0.39 is 11.0 Å². The van der Waals surface area contributed by atoms with Crippen LogP contribution in [0, 0.1) is 5.41 Å². The van der Waals surface area contributed by atoms with Crippen molar-refractivity contribution in [1.29, 1.82) is 0 Å². The van der Waals surface area contributed by atoms with E-state index in [4.69, 9.17) is 9.68 Å². The molecule has 0 aromatic heterocycles. The summed E-state index contributed by atoms with van der Waals surface area (Å²) in [7, 11) is 1.60. The number of hydroxylamine groups is 2. The Morgan fingerprint density at radius 1 is 1.29 bits per heavy atom. The molecule has 5 nitrogen and oxygen atoms in total. The highest BCUT2D eigenvalue weighted by atomic mass is 79.9. The maximum atomic E-state index is 13.2. The largest absolute Gasteiger partial charge is 0.391 e. The lowest BCUT2D eigenvalue weighted by Gasteiger charge is -2.48. The number of halogens is 1. The number of rotatable bonds is 1. The lowest BCUT2D eigenvalue weighted by atomic mass is 9.65. The second kappa shape index (κ2) is 4.69. The molecule has 4 rings (SSSR count). The van der Waals surface area contributed by atoms with E-state index in [1.54, 1.807) is 12.2 Å². The molecular formula is C15H21BrN2O3. The molecule has 2 heterocycles. The Morgan fingerprint density at radius 3 is 2.76 bits per heavy atom. The summed E-state index contributed by atoms with van der Waals surface area (Å²) in [6, 6.07) is 0. The van der Waals surface area contributed by atoms with Crippen molar-refractivity contribution in [3.63, 3.8) is 0 Å². The molecule has 2 saturated carbocycles. The maximum Gasteiger partial charge on any atom is 0.259 e. The average molecular weight is 357 g/mol. The van der Waals surface area contributed by atoms with Crippen LogP contribution in [0.25, 0.3) is 0 Å². The van der Waals surface area contributed by atoms with Gasteiger partial charge in [-0.2, -0.15) is 0 Å². The second-order valence-corrected chi connectivity index (χ2v) is 7.71. The van der Waals surface area contributed by atoms with E-state index in [0.29, 0.717) is 0 Å². The normalized spacial score (nSPS) is 40.8. The van der Waals surface area contributed by atoms with Gasteiger partial charge in [0.05, 0.1) is 17.4 Å². The molecule has 2 aliphatic carbocycles. The summed E-state index contributed by atoms with van der Waals surface area (Å²) in [6.45, 7) is 0. The van der Waals surface area contributed by atoms with E-state index in [9.17, 15) is 4.79 Å². The third-order valence-corrected chi connectivity index (χ3v) is 7.16. The van der Waals surface area contributed by atoms with E-state index in [0.717, 1.165) is 50.7 Å². The van der Waals surface area contributed by atoms with Gasteiger partial charge >= 0.3 is 0 Å². The van der Waals surface area contributed by atoms with Gasteiger partial charge in [-0.15, -0.1) is 0 Å². The average Bonchev–Trinajstić information content (AvgIpc) is 2.66. The van der Waals surface area contributed by atoms with E-state index >= 15 is 0 Å². The van der Waals surface area contributed by atoms with E-state index in [1.807, 2.05) is 0 Å². The van der Waals surface area contributed by atoms with Crippen molar-refractivity contribution in [3.8, 4) is 0 Å². The molecule has 0 aromatic rings. The third kappa shape index (κ3) is 1.55. The molecule has 3 atom stereocenters. The van der Waals surface area contributed by atoms with Gasteiger partial charge in [0.15, 0.2) is 0 Å². The predicted octanol–water partition coefficient (Wildman–Crippen LogP) is 2.78. The molecule has 0 aromatic carbocycles. The van der Waals surface area contributed by atoms with E-state index in [1.165, 1.54) is 6.42 Å². The molecule has 0 radical (unpaired) electrons. The number of carbonyl (C=O) groups excluding carboxylic acids is 1. The molecule has 2 bridgehead atoms. The van der Waals surface area contributed by atoms with Crippen LogP contribution in [0.4, 0.5) is 0 Å². The van der Waals surface area contributed by atoms with Gasteiger partial charge in [-0.1, -0.05) is 40.3 Å². The SMILES string of the molecule is CON1C(=O)C2(CCCCC2)C2=NOC3CCCC21C3Br. The van der Waals surface area contributed by atoms with Crippen LogP contribution in [-0.2, 0) is 14.5 Å². The topological polar surface area (TPSA) is 51.1 Å². The first-order chi connectivity index (χ1) is 10.2. The lowest BCUT2D eigenvalue weighted by Crippen LogP contribution is -2.63. The molecule has 116 valence electrons. The Balaban J connectivity index is 1.89. The van der Waals surface area contributed by atoms with Gasteiger partial charge in [0.1, 0.15) is 17.4 Å². The number of alkyl halides is 1. The van der Waals surface area contributed by atoms with Crippen molar-refractivity contribution >= 4 is 27.5 Å². The fourth-order valence-corrected chi connectivity index (χ4v) is 5.85. The van der Waals surface area contributed by atoms with Crippen LogP contribution in [0.1, 0.15) is 51.4 Å². The summed E-state index contributed by atoms with van der Waals surface area (Å²) in [6.07, 6.45) is 8.06. The minimum atomic E-state index is -0.484. The van der Waals surface area contributed by atoms with E-state index in [-0.39, 0.29) is 16.8 Å². The molecule has 2 spiro atoms. The van der Waals surface area contributed by atoms with Crippen LogP contribution in [0.2, 0.25) is 0 Å². The molecule has 3 fully saturated rings. The van der Waals surface area contributed by atoms with Crippen LogP contribution >= 0.6 is 15.9 Å². The van der Waals surface area contributed by atoms with Crippen molar-refractivity contribution < 1.29 is 14.5 Å². The highest BCUT2D eigenvalue weighted by Crippen LogP contribution is 2.57. The lowest BCUT2D eigenvalue weighted by molar-refractivity contribution is -0.203. The monoisotopic (exact) mass is 356 g/mol. The predicted molar refractivity (Wildman–Crippen MR) is 81.0 cm³/mol. The van der Waals surface area contributed by atoms with Gasteiger partial charge in [0, 0.05) is 0 Å². The number of hydrogen-bond acceptors (Lipinski definition) is 4. The minimum absolute atomic E-state index is 0.0340. The number of carbonyl (C=O) groups is 1. The summed E-state index contributed by atoms with van der Waals surface area (Å²) < 4.78 is 0. The maximum absolute atomic E-state index is 13.2. The molecular weight excluding hydrogens is 336 g/mol. The van der Waals surface area contributed by atoms with Crippen LogP contribution in [0.3, 0.4) is 0 Å². The Bertz CT molecular complexity index is 503. The zero-order valence-electron chi connectivity index (χ0n) is 12.3. The number of amides is 1. The van der Waals surface area contributed by atoms with Crippen LogP contribution < -0.4 is 0 Å². The minimum Gasteiger partial charge on any atom is -0.391 e. The summed E-state index contributed by atoms with van der Waals surface area (Å²) in [4.78, 5) is 24.6. The number of fused-ring (bicyclic) bond motifs is 2. The van der Waals surface area contributed by atoms with Gasteiger partial charge in [-0.25, -0.2) is 5.06 Å². The fraction of sp³-hybridized carbons (Fsp3) is 0.867. The Morgan fingerprint density at radius 2 is 2.05 bits per heavy atom. The van der Waals surface area contributed by atoms with Crippen LogP contribution in [0.5, 0.6) is 0 Å². The van der Waals surface area contributed by atoms with Crippen molar-refractivity contribution in [3.05, 3.63) is 0 Å². The zero-order chi connectivity index (χ0) is 14.7. The van der Waals surface area contributed by atoms with Crippen LogP contribution in [0.15, 0.2) is 5.16 Å². The molecule has 6 heteroatoms. The zero-order valence-corrected chi connectivity index (χ0v) is 13.9. The Labute approximate surface area is 133 Å². The smallest absolute Gasteiger partial charge is 0.259 e. The molecule has 1 saturated heterocycles. The standard InChI is InChI=1S/C15H21BrN2O3/c1-20-18-13(19)14(7-3-2-4-8-14)12-15(18)9-5-6-10(11(15)16)21-17-12/h10-11H,2-9H2,1H3. The fourth-order valence-electron chi connectivity index (χ4n) is 4.86. The third-order valence-electron chi connectivity index (χ3n) is 5.82. The van der Waals surface area contributed by atoms with Gasteiger partial charge in [-0.3, -0.25) is 9.63 Å². The van der Waals surface area contributed by atoms with E-state index in [2.05, 4.69) is 21.1 Å². The summed E-state index contributed by atoms with van der Waals surface area (Å²) in [5.41, 5.74) is 0.00630. The first-order valence-corrected chi connectivity index (χ1v) is 8.86. The summed E-state index contributed by atoms with van der Waals surface area (Å²) >= 11 is 3.81. The number of oxime groups is 1. The summed E-state index contributed by atoms with van der Waals surface area (Å²) in [5.74, 6) is 0.0963. The number of nitrogens with zero attached hydrogens (tertiary/aromatic N) is 2. The molecule has 3 unspecified atom stereocenters. The van der Waals surface area contributed by atoms with Gasteiger partial charge in [-0.05, 0) is 32.1 Å². The first kappa shape index (κ1) is 14.0. The molecule has 21 heavy (non-hydrogen) atoms. The quantitative estimate of drug-likeness (QED) is 0.678. The van der Waals surface area contributed by atoms with Crippen LogP contribution in [-0.4, -0.2) is 40.3 Å².